The molecule has 0 fully saturated rings. The first-order chi connectivity index (χ1) is 10.4. The summed E-state index contributed by atoms with van der Waals surface area (Å²) in [6, 6.07) is 16.6. The van der Waals surface area contributed by atoms with Crippen LogP contribution in [0.15, 0.2) is 60.9 Å². The van der Waals surface area contributed by atoms with Gasteiger partial charge in [0, 0.05) is 34.3 Å². The van der Waals surface area contributed by atoms with Gasteiger partial charge in [-0.1, -0.05) is 58.0 Å². The Bertz CT molecular complexity index is 784. The summed E-state index contributed by atoms with van der Waals surface area (Å²) in [4.78, 5) is 9.34. The molecule has 0 N–H and O–H groups in total. The van der Waals surface area contributed by atoms with Crippen LogP contribution in [0.1, 0.15) is 39.1 Å². The van der Waals surface area contributed by atoms with Crippen LogP contribution in [-0.4, -0.2) is 9.97 Å². The van der Waals surface area contributed by atoms with E-state index in [0.717, 1.165) is 11.4 Å². The summed E-state index contributed by atoms with van der Waals surface area (Å²) in [5.74, 6) is 0. The van der Waals surface area contributed by atoms with E-state index in [1.54, 1.807) is 0 Å². The van der Waals surface area contributed by atoms with Crippen molar-refractivity contribution in [2.24, 2.45) is 0 Å². The molecule has 1 aromatic carbocycles. The number of hydrogen-bond donors (Lipinski definition) is 0. The molecule has 22 heavy (non-hydrogen) atoms. The second-order valence-electron chi connectivity index (χ2n) is 6.85. The maximum atomic E-state index is 4.74. The average Bonchev–Trinajstić information content (AvgIpc) is 2.55. The van der Waals surface area contributed by atoms with E-state index in [4.69, 9.17) is 4.98 Å². The van der Waals surface area contributed by atoms with Crippen molar-refractivity contribution in [3.63, 3.8) is 0 Å². The summed E-state index contributed by atoms with van der Waals surface area (Å²) in [6.07, 6.45) is 3.78. The van der Waals surface area contributed by atoms with Gasteiger partial charge in [0.25, 0.3) is 0 Å². The normalized spacial score (nSPS) is 12.5. The highest BCUT2D eigenvalue weighted by molar-refractivity contribution is 5.85. The molecular formula is C20H22N2. The van der Waals surface area contributed by atoms with E-state index < -0.39 is 0 Å². The molecule has 0 radical (unpaired) electrons. The van der Waals surface area contributed by atoms with E-state index in [1.165, 1.54) is 10.8 Å². The molecule has 0 saturated heterocycles. The number of nitrogens with zero attached hydrogens (tertiary/aromatic N) is 2. The molecule has 3 aromatic rings. The molecule has 0 unspecified atom stereocenters. The van der Waals surface area contributed by atoms with E-state index in [1.807, 2.05) is 18.5 Å². The molecule has 0 bridgehead atoms. The van der Waals surface area contributed by atoms with Crippen LogP contribution in [-0.2, 0) is 10.8 Å². The number of hydrogen-bond acceptors (Lipinski definition) is 2. The molecule has 0 amide bonds. The summed E-state index contributed by atoms with van der Waals surface area (Å²) < 4.78 is 0. The van der Waals surface area contributed by atoms with Crippen LogP contribution in [0, 0.1) is 0 Å². The van der Waals surface area contributed by atoms with Crippen LogP contribution in [0.3, 0.4) is 0 Å². The van der Waals surface area contributed by atoms with Crippen LogP contribution >= 0.6 is 0 Å². The van der Waals surface area contributed by atoms with Crippen molar-refractivity contribution in [1.29, 1.82) is 0 Å². The number of aromatic nitrogens is 2. The minimum absolute atomic E-state index is 0.134. The number of benzene rings is 1. The third-order valence-corrected chi connectivity index (χ3v) is 5.13. The van der Waals surface area contributed by atoms with Crippen molar-refractivity contribution < 1.29 is 0 Å². The van der Waals surface area contributed by atoms with Crippen LogP contribution in [0.4, 0.5) is 0 Å². The highest BCUT2D eigenvalue weighted by Gasteiger charge is 2.42. The minimum atomic E-state index is -0.151. The Labute approximate surface area is 132 Å². The first-order valence-corrected chi connectivity index (χ1v) is 7.70. The quantitative estimate of drug-likeness (QED) is 0.686. The van der Waals surface area contributed by atoms with Crippen LogP contribution in [0.5, 0.6) is 0 Å². The molecule has 2 heterocycles. The fourth-order valence-corrected chi connectivity index (χ4v) is 2.97. The van der Waals surface area contributed by atoms with Gasteiger partial charge in [-0.2, -0.15) is 0 Å². The van der Waals surface area contributed by atoms with Gasteiger partial charge < -0.3 is 0 Å². The molecule has 3 rings (SSSR count). The lowest BCUT2D eigenvalue weighted by Crippen LogP contribution is -2.41. The van der Waals surface area contributed by atoms with Gasteiger partial charge in [0.2, 0.25) is 0 Å². The highest BCUT2D eigenvalue weighted by atomic mass is 14.8. The molecule has 0 saturated carbocycles. The van der Waals surface area contributed by atoms with Crippen molar-refractivity contribution in [2.75, 3.05) is 0 Å². The Morgan fingerprint density at radius 1 is 0.682 bits per heavy atom. The molecule has 0 atom stereocenters. The fourth-order valence-electron chi connectivity index (χ4n) is 2.97. The zero-order chi connectivity index (χ0) is 15.8. The molecule has 0 aliphatic rings. The van der Waals surface area contributed by atoms with Gasteiger partial charge in [-0.05, 0) is 23.6 Å². The Balaban J connectivity index is 2.20. The lowest BCUT2D eigenvalue weighted by molar-refractivity contribution is 0.291. The van der Waals surface area contributed by atoms with Gasteiger partial charge in [0.15, 0.2) is 0 Å². The summed E-state index contributed by atoms with van der Waals surface area (Å²) >= 11 is 0. The third kappa shape index (κ3) is 2.19. The first-order valence-electron chi connectivity index (χ1n) is 7.70. The smallest absolute Gasteiger partial charge is 0.0547 e. The van der Waals surface area contributed by atoms with E-state index >= 15 is 0 Å². The zero-order valence-electron chi connectivity index (χ0n) is 13.7. The Kier molecular flexibility index (Phi) is 3.48. The predicted molar refractivity (Wildman–Crippen MR) is 92.0 cm³/mol. The second kappa shape index (κ2) is 5.20. The maximum absolute atomic E-state index is 4.74. The molecule has 0 spiro atoms. The monoisotopic (exact) mass is 290 g/mol. The van der Waals surface area contributed by atoms with Gasteiger partial charge in [0.1, 0.15) is 0 Å². The second-order valence-corrected chi connectivity index (χ2v) is 6.85. The van der Waals surface area contributed by atoms with Crippen LogP contribution < -0.4 is 0 Å². The van der Waals surface area contributed by atoms with E-state index in [9.17, 15) is 0 Å². The largest absolute Gasteiger partial charge is 0.261 e. The molecule has 0 aliphatic carbocycles. The van der Waals surface area contributed by atoms with Gasteiger partial charge in [0.05, 0.1) is 5.69 Å². The van der Waals surface area contributed by atoms with E-state index in [2.05, 4.69) is 75.1 Å². The summed E-state index contributed by atoms with van der Waals surface area (Å²) in [6.45, 7) is 9.02. The Morgan fingerprint density at radius 3 is 2.14 bits per heavy atom. The van der Waals surface area contributed by atoms with Gasteiger partial charge in [-0.3, -0.25) is 9.97 Å². The van der Waals surface area contributed by atoms with Gasteiger partial charge in [-0.15, -0.1) is 0 Å². The van der Waals surface area contributed by atoms with Crippen molar-refractivity contribution in [1.82, 2.24) is 9.97 Å². The van der Waals surface area contributed by atoms with Gasteiger partial charge in [-0.25, -0.2) is 0 Å². The Morgan fingerprint density at radius 2 is 1.41 bits per heavy atom. The van der Waals surface area contributed by atoms with Crippen LogP contribution in [0.25, 0.3) is 10.8 Å². The molecule has 112 valence electrons. The average molecular weight is 290 g/mol. The highest BCUT2D eigenvalue weighted by Crippen LogP contribution is 2.44. The van der Waals surface area contributed by atoms with Crippen molar-refractivity contribution in [2.45, 2.75) is 38.5 Å². The molecular weight excluding hydrogens is 268 g/mol. The summed E-state index contributed by atoms with van der Waals surface area (Å²) in [7, 11) is 0. The van der Waals surface area contributed by atoms with Crippen molar-refractivity contribution >= 4 is 10.8 Å². The third-order valence-electron chi connectivity index (χ3n) is 5.13. The van der Waals surface area contributed by atoms with E-state index in [-0.39, 0.29) is 10.8 Å². The minimum Gasteiger partial charge on any atom is -0.261 e. The number of fused-ring (bicyclic) bond motifs is 1. The van der Waals surface area contributed by atoms with Crippen LogP contribution in [0.2, 0.25) is 0 Å². The number of rotatable bonds is 3. The maximum Gasteiger partial charge on any atom is 0.0547 e. The topological polar surface area (TPSA) is 25.8 Å². The van der Waals surface area contributed by atoms with Crippen molar-refractivity contribution in [3.05, 3.63) is 72.3 Å². The van der Waals surface area contributed by atoms with Gasteiger partial charge >= 0.3 is 0 Å². The van der Waals surface area contributed by atoms with Crippen molar-refractivity contribution in [3.8, 4) is 0 Å². The molecule has 2 nitrogen and oxygen atoms in total. The molecule has 0 aliphatic heterocycles. The zero-order valence-corrected chi connectivity index (χ0v) is 13.7. The standard InChI is InChI=1S/C20H22N2/c1-19(2,17-11-7-8-13-21-17)20(3,4)18-16-10-6-5-9-15(16)12-14-22-18/h5-14H,1-4H3. The fraction of sp³-hybridized carbons (Fsp3) is 0.300. The molecule has 2 aromatic heterocycles. The SMILES string of the molecule is CC(C)(c1ccccn1)C(C)(C)c1nccc2ccccc12. The molecule has 2 heteroatoms. The first kappa shape index (κ1) is 14.7. The predicted octanol–water partition coefficient (Wildman–Crippen LogP) is 4.89. The summed E-state index contributed by atoms with van der Waals surface area (Å²) in [5, 5.41) is 2.46. The lowest BCUT2D eigenvalue weighted by atomic mass is 9.63. The van der Waals surface area contributed by atoms with E-state index in [0.29, 0.717) is 0 Å². The lowest BCUT2D eigenvalue weighted by Gasteiger charge is -2.41. The number of pyridine rings is 2. The summed E-state index contributed by atoms with van der Waals surface area (Å²) in [5.41, 5.74) is 1.93. The Hall–Kier alpha value is -2.22.